The molecule has 0 aliphatic heterocycles. The van der Waals surface area contributed by atoms with Crippen LogP contribution in [-0.4, -0.2) is 29.7 Å². The summed E-state index contributed by atoms with van der Waals surface area (Å²) in [4.78, 5) is 11.5. The molecule has 98 valence electrons. The first-order valence-electron chi connectivity index (χ1n) is 6.23. The van der Waals surface area contributed by atoms with Crippen molar-refractivity contribution in [2.24, 2.45) is 0 Å². The van der Waals surface area contributed by atoms with E-state index < -0.39 is 0 Å². The first kappa shape index (κ1) is 11.1. The van der Waals surface area contributed by atoms with Gasteiger partial charge in [0.05, 0.1) is 41.6 Å². The highest BCUT2D eigenvalue weighted by Gasteiger charge is 2.07. The number of imidazole rings is 2. The molecule has 0 unspecified atom stereocenters. The first-order valence-corrected chi connectivity index (χ1v) is 6.23. The highest BCUT2D eigenvalue weighted by atomic mass is 16.3. The number of aromatic nitrogens is 5. The van der Waals surface area contributed by atoms with Crippen molar-refractivity contribution >= 4 is 16.7 Å². The van der Waals surface area contributed by atoms with Crippen LogP contribution in [-0.2, 0) is 6.61 Å². The number of aliphatic hydroxyl groups is 1. The van der Waals surface area contributed by atoms with Crippen LogP contribution in [0.5, 0.6) is 0 Å². The van der Waals surface area contributed by atoms with Crippen LogP contribution >= 0.6 is 0 Å². The Morgan fingerprint density at radius 2 is 2.10 bits per heavy atom. The Morgan fingerprint density at radius 1 is 1.15 bits per heavy atom. The van der Waals surface area contributed by atoms with E-state index >= 15 is 0 Å². The number of nitrogens with zero attached hydrogens (tertiary/aromatic N) is 4. The average molecular weight is 265 g/mol. The van der Waals surface area contributed by atoms with Gasteiger partial charge in [0.25, 0.3) is 0 Å². The lowest BCUT2D eigenvalue weighted by atomic mass is 10.1. The molecule has 0 saturated carbocycles. The Morgan fingerprint density at radius 3 is 3.00 bits per heavy atom. The zero-order valence-corrected chi connectivity index (χ0v) is 10.5. The van der Waals surface area contributed by atoms with E-state index in [0.717, 1.165) is 27.9 Å². The predicted molar refractivity (Wildman–Crippen MR) is 74.0 cm³/mol. The molecule has 0 amide bonds. The third kappa shape index (κ3) is 1.59. The number of hydrogen-bond acceptors (Lipinski definition) is 4. The van der Waals surface area contributed by atoms with Gasteiger partial charge in [-0.3, -0.25) is 0 Å². The zero-order chi connectivity index (χ0) is 13.5. The van der Waals surface area contributed by atoms with Gasteiger partial charge in [0.1, 0.15) is 0 Å². The average Bonchev–Trinajstić information content (AvgIpc) is 3.12. The summed E-state index contributed by atoms with van der Waals surface area (Å²) < 4.78 is 1.66. The highest BCUT2D eigenvalue weighted by Crippen LogP contribution is 2.21. The Kier molecular flexibility index (Phi) is 2.30. The van der Waals surface area contributed by atoms with Gasteiger partial charge < -0.3 is 10.1 Å². The molecule has 0 aliphatic carbocycles. The molecule has 0 aliphatic rings. The zero-order valence-electron chi connectivity index (χ0n) is 10.5. The molecular formula is C14H11N5O. The molecule has 0 bridgehead atoms. The lowest BCUT2D eigenvalue weighted by Gasteiger charge is -2.03. The van der Waals surface area contributed by atoms with E-state index in [1.165, 1.54) is 0 Å². The molecule has 6 heteroatoms. The molecule has 0 spiro atoms. The van der Waals surface area contributed by atoms with Gasteiger partial charge in [-0.15, -0.1) is 0 Å². The lowest BCUT2D eigenvalue weighted by molar-refractivity contribution is 0.274. The number of hydrogen-bond donors (Lipinski definition) is 2. The fourth-order valence-electron chi connectivity index (χ4n) is 2.28. The Hall–Kier alpha value is -2.73. The van der Waals surface area contributed by atoms with Gasteiger partial charge in [-0.05, 0) is 24.3 Å². The standard InChI is InChI=1S/C14H11N5O/c20-7-10-6-15-14-4-3-11(18-19(10)14)9-1-2-12-13(5-9)17-8-16-12/h1-6,8,20H,7H2,(H,16,17). The molecule has 0 radical (unpaired) electrons. The van der Waals surface area contributed by atoms with E-state index in [0.29, 0.717) is 5.69 Å². The second-order valence-electron chi connectivity index (χ2n) is 4.53. The van der Waals surface area contributed by atoms with Crippen molar-refractivity contribution in [2.45, 2.75) is 6.61 Å². The van der Waals surface area contributed by atoms with Crippen molar-refractivity contribution < 1.29 is 5.11 Å². The van der Waals surface area contributed by atoms with E-state index in [9.17, 15) is 5.11 Å². The van der Waals surface area contributed by atoms with Crippen LogP contribution in [0.3, 0.4) is 0 Å². The number of aliphatic hydroxyl groups excluding tert-OH is 1. The Balaban J connectivity index is 1.91. The van der Waals surface area contributed by atoms with Crippen molar-refractivity contribution in [3.8, 4) is 11.3 Å². The fourth-order valence-corrected chi connectivity index (χ4v) is 2.28. The van der Waals surface area contributed by atoms with E-state index in [2.05, 4.69) is 20.1 Å². The molecular weight excluding hydrogens is 254 g/mol. The van der Waals surface area contributed by atoms with Gasteiger partial charge in [-0.1, -0.05) is 6.07 Å². The normalized spacial score (nSPS) is 11.4. The summed E-state index contributed by atoms with van der Waals surface area (Å²) >= 11 is 0. The predicted octanol–water partition coefficient (Wildman–Crippen LogP) is 1.76. The maximum atomic E-state index is 9.29. The van der Waals surface area contributed by atoms with Crippen LogP contribution in [0.15, 0.2) is 42.9 Å². The molecule has 0 fully saturated rings. The largest absolute Gasteiger partial charge is 0.390 e. The number of rotatable bonds is 2. The fraction of sp³-hybridized carbons (Fsp3) is 0.0714. The van der Waals surface area contributed by atoms with Gasteiger partial charge in [-0.2, -0.15) is 5.10 Å². The number of benzene rings is 1. The van der Waals surface area contributed by atoms with Gasteiger partial charge >= 0.3 is 0 Å². The van der Waals surface area contributed by atoms with Crippen LogP contribution in [0.4, 0.5) is 0 Å². The molecule has 0 atom stereocenters. The van der Waals surface area contributed by atoms with E-state index in [-0.39, 0.29) is 6.61 Å². The summed E-state index contributed by atoms with van der Waals surface area (Å²) in [6.45, 7) is -0.0861. The van der Waals surface area contributed by atoms with Crippen molar-refractivity contribution in [2.75, 3.05) is 0 Å². The number of nitrogens with one attached hydrogen (secondary N) is 1. The minimum atomic E-state index is -0.0861. The van der Waals surface area contributed by atoms with E-state index in [1.807, 2.05) is 30.3 Å². The Labute approximate surface area is 113 Å². The molecule has 1 aromatic carbocycles. The maximum absolute atomic E-state index is 9.29. The van der Waals surface area contributed by atoms with E-state index in [4.69, 9.17) is 0 Å². The summed E-state index contributed by atoms with van der Waals surface area (Å²) in [6.07, 6.45) is 3.30. The van der Waals surface area contributed by atoms with Gasteiger partial charge in [0, 0.05) is 5.56 Å². The summed E-state index contributed by atoms with van der Waals surface area (Å²) in [6, 6.07) is 9.74. The molecule has 3 aromatic heterocycles. The topological polar surface area (TPSA) is 79.1 Å². The van der Waals surface area contributed by atoms with Crippen molar-refractivity contribution in [3.05, 3.63) is 48.5 Å². The summed E-state index contributed by atoms with van der Waals surface area (Å²) in [7, 11) is 0. The van der Waals surface area contributed by atoms with E-state index in [1.54, 1.807) is 17.0 Å². The van der Waals surface area contributed by atoms with Crippen molar-refractivity contribution in [3.63, 3.8) is 0 Å². The minimum Gasteiger partial charge on any atom is -0.390 e. The molecule has 20 heavy (non-hydrogen) atoms. The highest BCUT2D eigenvalue weighted by molar-refractivity contribution is 5.80. The number of fused-ring (bicyclic) bond motifs is 2. The van der Waals surface area contributed by atoms with Crippen LogP contribution < -0.4 is 0 Å². The molecule has 2 N–H and O–H groups in total. The second-order valence-corrected chi connectivity index (χ2v) is 4.53. The molecule has 0 saturated heterocycles. The van der Waals surface area contributed by atoms with Gasteiger partial charge in [0.2, 0.25) is 0 Å². The van der Waals surface area contributed by atoms with Crippen molar-refractivity contribution in [1.29, 1.82) is 0 Å². The summed E-state index contributed by atoms with van der Waals surface area (Å²) in [5.74, 6) is 0. The summed E-state index contributed by atoms with van der Waals surface area (Å²) in [5.41, 5.74) is 5.10. The number of H-pyrrole nitrogens is 1. The van der Waals surface area contributed by atoms with Gasteiger partial charge in [0.15, 0.2) is 5.65 Å². The maximum Gasteiger partial charge on any atom is 0.153 e. The molecule has 4 aromatic rings. The second kappa shape index (κ2) is 4.14. The molecule has 6 nitrogen and oxygen atoms in total. The van der Waals surface area contributed by atoms with Crippen LogP contribution in [0, 0.1) is 0 Å². The molecule has 4 rings (SSSR count). The van der Waals surface area contributed by atoms with Gasteiger partial charge in [-0.25, -0.2) is 14.5 Å². The van der Waals surface area contributed by atoms with Crippen LogP contribution in [0.25, 0.3) is 27.9 Å². The van der Waals surface area contributed by atoms with Crippen LogP contribution in [0.1, 0.15) is 5.69 Å². The first-order chi connectivity index (χ1) is 9.85. The molecule has 3 heterocycles. The third-order valence-corrected chi connectivity index (χ3v) is 3.31. The Bertz CT molecular complexity index is 908. The van der Waals surface area contributed by atoms with Crippen molar-refractivity contribution in [1.82, 2.24) is 24.6 Å². The SMILES string of the molecule is OCc1cnc2ccc(-c3ccc4nc[nH]c4c3)nn12. The summed E-state index contributed by atoms with van der Waals surface area (Å²) in [5, 5.41) is 13.8. The van der Waals surface area contributed by atoms with Crippen LogP contribution in [0.2, 0.25) is 0 Å². The lowest BCUT2D eigenvalue weighted by Crippen LogP contribution is -1.99. The minimum absolute atomic E-state index is 0.0861. The monoisotopic (exact) mass is 265 g/mol. The number of aromatic amines is 1. The smallest absolute Gasteiger partial charge is 0.153 e. The quantitative estimate of drug-likeness (QED) is 0.579. The third-order valence-electron chi connectivity index (χ3n) is 3.31.